The molecule has 8 rings (SSSR count). The molecule has 65 heavy (non-hydrogen) atoms. The summed E-state index contributed by atoms with van der Waals surface area (Å²) in [5.41, 5.74) is -0.937. The fourth-order valence-corrected chi connectivity index (χ4v) is 13.8. The molecule has 4 heterocycles. The van der Waals surface area contributed by atoms with Crippen molar-refractivity contribution in [3.63, 3.8) is 0 Å². The van der Waals surface area contributed by atoms with Gasteiger partial charge in [-0.15, -0.1) is 0 Å². The Morgan fingerprint density at radius 1 is 0.615 bits per heavy atom. The summed E-state index contributed by atoms with van der Waals surface area (Å²) in [5, 5.41) is 12.8. The third-order valence-electron chi connectivity index (χ3n) is 16.8. The van der Waals surface area contributed by atoms with E-state index in [2.05, 4.69) is 13.8 Å². The van der Waals surface area contributed by atoms with E-state index in [9.17, 15) is 33.9 Å². The number of ether oxygens (including phenoxy) is 12. The lowest BCUT2D eigenvalue weighted by Crippen LogP contribution is -2.62. The first-order chi connectivity index (χ1) is 31.2. The molecule has 0 radical (unpaired) electrons. The fraction of sp³-hybridized carbons (Fsp3) is 0.826. The van der Waals surface area contributed by atoms with E-state index in [1.807, 2.05) is 6.92 Å². The lowest BCUT2D eigenvalue weighted by molar-refractivity contribution is -0.336. The molecule has 4 aliphatic heterocycles. The summed E-state index contributed by atoms with van der Waals surface area (Å²) in [6.07, 6.45) is -2.01. The molecule has 0 bridgehead atoms. The van der Waals surface area contributed by atoms with Crippen LogP contribution in [0.2, 0.25) is 0 Å². The van der Waals surface area contributed by atoms with Crippen LogP contribution in [0, 0.1) is 34.5 Å². The van der Waals surface area contributed by atoms with Crippen LogP contribution in [0.15, 0.2) is 11.6 Å². The Morgan fingerprint density at radius 2 is 1.14 bits per heavy atom. The Hall–Kier alpha value is -3.72. The molecule has 0 aromatic rings. The highest BCUT2D eigenvalue weighted by atomic mass is 16.8. The Kier molecular flexibility index (Phi) is 14.3. The third-order valence-corrected chi connectivity index (χ3v) is 16.8. The maximum absolute atomic E-state index is 12.8. The van der Waals surface area contributed by atoms with Gasteiger partial charge in [0.25, 0.3) is 32.4 Å². The summed E-state index contributed by atoms with van der Waals surface area (Å²) in [7, 11) is 0. The van der Waals surface area contributed by atoms with Gasteiger partial charge in [-0.3, -0.25) is 24.0 Å². The van der Waals surface area contributed by atoms with Gasteiger partial charge >= 0.3 is 5.97 Å². The summed E-state index contributed by atoms with van der Waals surface area (Å²) < 4.78 is 70.2. The van der Waals surface area contributed by atoms with Gasteiger partial charge < -0.3 is 61.9 Å². The van der Waals surface area contributed by atoms with Crippen molar-refractivity contribution in [3.05, 3.63) is 11.6 Å². The smallest absolute Gasteiger partial charge is 0.331 e. The number of cyclic esters (lactones) is 1. The monoisotopic (exact) mass is 920 g/mol. The lowest BCUT2D eigenvalue weighted by atomic mass is 9.43. The van der Waals surface area contributed by atoms with Crippen LogP contribution in [0.3, 0.4) is 0 Å². The predicted octanol–water partition coefficient (Wildman–Crippen LogP) is 3.12. The first-order valence-electron chi connectivity index (χ1n) is 23.2. The number of aliphatic hydroxyl groups is 1. The quantitative estimate of drug-likeness (QED) is 0.0955. The van der Waals surface area contributed by atoms with Gasteiger partial charge in [-0.1, -0.05) is 13.8 Å². The molecule has 0 aromatic heterocycles. The second kappa shape index (κ2) is 19.5. The molecule has 0 spiro atoms. The van der Waals surface area contributed by atoms with Crippen LogP contribution in [-0.4, -0.2) is 142 Å². The van der Waals surface area contributed by atoms with Crippen molar-refractivity contribution < 1.29 is 90.7 Å². The molecule has 0 aromatic carbocycles. The Labute approximate surface area is 378 Å². The molecule has 21 atom stereocenters. The average Bonchev–Trinajstić information content (AvgIpc) is 3.78. The predicted molar refractivity (Wildman–Crippen MR) is 217 cm³/mol. The van der Waals surface area contributed by atoms with Crippen molar-refractivity contribution in [3.8, 4) is 0 Å². The standard InChI is InChI=1S/C46H64O19/c1-24-41(59-23-51)32(55-19-47)14-38(60-24)64-43-26(3)62-39(16-34(43)57-21-49)65-42-25(2)61-37(15-33(42)56-20-48)63-29-8-10-44(4)28(13-29)6-7-31-30(44)9-11-45(5)40(27-12-36(52)54-18-27)35(58-22-50)17-46(31,45)53/h12,19-26,28-35,37-43,53H,6-11,13-18H2,1-5H3/t24-,25-,26-,28-,29+,30+,31-,32+,33+,34+,35+,37+,38+,39+,40+,41-,42-,43-,44+,45-,46+/m1/s1. The fourth-order valence-electron chi connectivity index (χ4n) is 13.8. The van der Waals surface area contributed by atoms with Crippen molar-refractivity contribution in [1.29, 1.82) is 0 Å². The van der Waals surface area contributed by atoms with Crippen LogP contribution >= 0.6 is 0 Å². The van der Waals surface area contributed by atoms with Gasteiger partial charge in [-0.25, -0.2) is 4.79 Å². The number of hydrogen-bond acceptors (Lipinski definition) is 19. The van der Waals surface area contributed by atoms with Crippen LogP contribution in [-0.2, 0) is 85.6 Å². The van der Waals surface area contributed by atoms with E-state index in [4.69, 9.17) is 56.8 Å². The molecule has 362 valence electrons. The molecule has 0 amide bonds. The lowest BCUT2D eigenvalue weighted by Gasteiger charge is -2.63. The minimum atomic E-state index is -1.08. The van der Waals surface area contributed by atoms with Gasteiger partial charge in [0, 0.05) is 43.1 Å². The van der Waals surface area contributed by atoms with Crippen molar-refractivity contribution in [2.75, 3.05) is 6.61 Å². The van der Waals surface area contributed by atoms with E-state index in [1.54, 1.807) is 13.8 Å². The van der Waals surface area contributed by atoms with Gasteiger partial charge in [0.15, 0.2) is 25.0 Å². The number of fused-ring (bicyclic) bond motifs is 5. The van der Waals surface area contributed by atoms with E-state index in [0.717, 1.165) is 50.5 Å². The first kappa shape index (κ1) is 47.8. The van der Waals surface area contributed by atoms with Gasteiger partial charge in [0.1, 0.15) is 43.2 Å². The van der Waals surface area contributed by atoms with Crippen LogP contribution in [0.25, 0.3) is 0 Å². The summed E-state index contributed by atoms with van der Waals surface area (Å²) in [6, 6.07) is 0. The van der Waals surface area contributed by atoms with Crippen molar-refractivity contribution in [2.24, 2.45) is 34.5 Å². The molecule has 19 nitrogen and oxygen atoms in total. The zero-order chi connectivity index (χ0) is 46.3. The molecule has 1 N–H and O–H groups in total. The van der Waals surface area contributed by atoms with Crippen molar-refractivity contribution in [1.82, 2.24) is 0 Å². The number of carbonyl (C=O) groups is 6. The largest absolute Gasteiger partial charge is 0.464 e. The Bertz CT molecular complexity index is 1780. The molecule has 4 aliphatic carbocycles. The molecule has 3 saturated heterocycles. The molecule has 4 saturated carbocycles. The average molecular weight is 921 g/mol. The molecule has 8 aliphatic rings. The highest BCUT2D eigenvalue weighted by Gasteiger charge is 2.71. The van der Waals surface area contributed by atoms with Gasteiger partial charge in [-0.05, 0) is 94.5 Å². The maximum Gasteiger partial charge on any atom is 0.331 e. The number of hydrogen-bond donors (Lipinski definition) is 1. The van der Waals surface area contributed by atoms with Gasteiger partial charge in [0.2, 0.25) is 0 Å². The minimum Gasteiger partial charge on any atom is -0.464 e. The van der Waals surface area contributed by atoms with E-state index in [-0.39, 0.29) is 68.1 Å². The summed E-state index contributed by atoms with van der Waals surface area (Å²) in [5.74, 6) is -0.118. The Balaban J connectivity index is 0.872. The summed E-state index contributed by atoms with van der Waals surface area (Å²) >= 11 is 0. The van der Waals surface area contributed by atoms with E-state index in [1.165, 1.54) is 6.08 Å². The molecule has 0 unspecified atom stereocenters. The van der Waals surface area contributed by atoms with Crippen LogP contribution in [0.4, 0.5) is 0 Å². The van der Waals surface area contributed by atoms with Crippen LogP contribution in [0.1, 0.15) is 105 Å². The second-order valence-corrected chi connectivity index (χ2v) is 19.9. The zero-order valence-corrected chi connectivity index (χ0v) is 37.6. The SMILES string of the molecule is C[C@H]1O[C@@H](O[C@H]2[C@@H](OC=O)C[C@H](O[C@H]3[C@@H](OC=O)C[C@H](O[C@H]4CC[C@@]5(C)[C@H](CC[C@@H]6[C@@H]5CC[C@]5(C)[C@@H](C7=CC(=O)OC7)[C@@H](OC=O)C[C@]65O)C4)O[C@@H]3C)O[C@@H]2C)C[C@H](OC=O)[C@@H]1OC=O. The van der Waals surface area contributed by atoms with Crippen LogP contribution in [0.5, 0.6) is 0 Å². The summed E-state index contributed by atoms with van der Waals surface area (Å²) in [6.45, 7) is 11.5. The highest BCUT2D eigenvalue weighted by Crippen LogP contribution is 2.70. The number of carbonyl (C=O) groups excluding carboxylic acids is 6. The van der Waals surface area contributed by atoms with Crippen molar-refractivity contribution in [2.45, 2.75) is 197 Å². The maximum atomic E-state index is 12.8. The number of rotatable bonds is 17. The first-order valence-corrected chi connectivity index (χ1v) is 23.2. The third kappa shape index (κ3) is 8.95. The number of esters is 1. The van der Waals surface area contributed by atoms with Crippen molar-refractivity contribution >= 4 is 38.3 Å². The minimum absolute atomic E-state index is 0.00210. The zero-order valence-electron chi connectivity index (χ0n) is 37.6. The normalized spacial score (nSPS) is 48.2. The summed E-state index contributed by atoms with van der Waals surface area (Å²) in [4.78, 5) is 69.6. The Morgan fingerprint density at radius 3 is 1.68 bits per heavy atom. The molecular weight excluding hydrogens is 856 g/mol. The second-order valence-electron chi connectivity index (χ2n) is 19.9. The molecular formula is C46H64O19. The van der Waals surface area contributed by atoms with Crippen LogP contribution < -0.4 is 0 Å². The van der Waals surface area contributed by atoms with Gasteiger partial charge in [0.05, 0.1) is 30.0 Å². The van der Waals surface area contributed by atoms with Gasteiger partial charge in [-0.2, -0.15) is 0 Å². The topological polar surface area (TPSA) is 233 Å². The van der Waals surface area contributed by atoms with E-state index >= 15 is 0 Å². The van der Waals surface area contributed by atoms with E-state index < -0.39 is 96.9 Å². The molecule has 19 heteroatoms. The molecule has 7 fully saturated rings. The van der Waals surface area contributed by atoms with E-state index in [0.29, 0.717) is 31.8 Å². The highest BCUT2D eigenvalue weighted by molar-refractivity contribution is 5.85.